The lowest BCUT2D eigenvalue weighted by atomic mass is 9.92. The molecule has 1 unspecified atom stereocenters. The molecule has 0 aromatic heterocycles. The van der Waals surface area contributed by atoms with Gasteiger partial charge in [-0.15, -0.1) is 0 Å². The number of hydrogen-bond acceptors (Lipinski definition) is 3. The lowest BCUT2D eigenvalue weighted by molar-refractivity contribution is 0.0389. The SMILES string of the molecule is CN1CC(Oc2ccc(CC3CCCNC3)cc2Cl)C1. The van der Waals surface area contributed by atoms with Gasteiger partial charge in [0.25, 0.3) is 0 Å². The quantitative estimate of drug-likeness (QED) is 0.924. The molecule has 3 nitrogen and oxygen atoms in total. The molecule has 0 amide bonds. The van der Waals surface area contributed by atoms with Crippen LogP contribution in [0.3, 0.4) is 0 Å². The van der Waals surface area contributed by atoms with Crippen molar-refractivity contribution < 1.29 is 4.74 Å². The fourth-order valence-corrected chi connectivity index (χ4v) is 3.34. The topological polar surface area (TPSA) is 24.5 Å². The summed E-state index contributed by atoms with van der Waals surface area (Å²) in [5.74, 6) is 1.57. The molecule has 2 saturated heterocycles. The summed E-state index contributed by atoms with van der Waals surface area (Å²) in [6.45, 7) is 4.28. The van der Waals surface area contributed by atoms with Crippen LogP contribution in [0.4, 0.5) is 0 Å². The Hall–Kier alpha value is -0.770. The van der Waals surface area contributed by atoms with E-state index in [1.165, 1.54) is 24.9 Å². The second-order valence-corrected chi connectivity index (χ2v) is 6.55. The van der Waals surface area contributed by atoms with Crippen molar-refractivity contribution in [2.45, 2.75) is 25.4 Å². The third-order valence-electron chi connectivity index (χ3n) is 4.24. The Balaban J connectivity index is 1.58. The molecule has 3 rings (SSSR count). The summed E-state index contributed by atoms with van der Waals surface area (Å²) in [6.07, 6.45) is 4.01. The van der Waals surface area contributed by atoms with E-state index in [9.17, 15) is 0 Å². The Morgan fingerprint density at radius 1 is 1.40 bits per heavy atom. The van der Waals surface area contributed by atoms with Gasteiger partial charge in [0.05, 0.1) is 5.02 Å². The summed E-state index contributed by atoms with van der Waals surface area (Å²) in [5, 5.41) is 4.21. The minimum atomic E-state index is 0.297. The van der Waals surface area contributed by atoms with Gasteiger partial charge in [0.15, 0.2) is 0 Å². The molecule has 0 bridgehead atoms. The van der Waals surface area contributed by atoms with Crippen LogP contribution in [0.2, 0.25) is 5.02 Å². The second kappa shape index (κ2) is 6.33. The number of hydrogen-bond donors (Lipinski definition) is 1. The molecule has 2 aliphatic heterocycles. The molecule has 4 heteroatoms. The van der Waals surface area contributed by atoms with E-state index in [1.807, 2.05) is 6.07 Å². The Morgan fingerprint density at radius 3 is 2.90 bits per heavy atom. The molecule has 1 aromatic carbocycles. The smallest absolute Gasteiger partial charge is 0.138 e. The minimum absolute atomic E-state index is 0.297. The molecule has 0 aliphatic carbocycles. The molecule has 2 fully saturated rings. The van der Waals surface area contributed by atoms with Crippen LogP contribution in [0.5, 0.6) is 5.75 Å². The second-order valence-electron chi connectivity index (χ2n) is 6.14. The highest BCUT2D eigenvalue weighted by atomic mass is 35.5. The van der Waals surface area contributed by atoms with E-state index in [-0.39, 0.29) is 0 Å². The Bertz CT molecular complexity index is 454. The molecule has 0 spiro atoms. The normalized spacial score (nSPS) is 24.4. The number of piperidine rings is 1. The zero-order valence-corrected chi connectivity index (χ0v) is 12.8. The van der Waals surface area contributed by atoms with Crippen LogP contribution in [0.25, 0.3) is 0 Å². The number of likely N-dealkylation sites (N-methyl/N-ethyl adjacent to an activating group) is 1. The number of benzene rings is 1. The van der Waals surface area contributed by atoms with Crippen molar-refractivity contribution in [1.29, 1.82) is 0 Å². The fourth-order valence-electron chi connectivity index (χ4n) is 3.09. The predicted octanol–water partition coefficient (Wildman–Crippen LogP) is 2.57. The van der Waals surface area contributed by atoms with E-state index >= 15 is 0 Å². The van der Waals surface area contributed by atoms with E-state index < -0.39 is 0 Å². The maximum absolute atomic E-state index is 6.35. The maximum atomic E-state index is 6.35. The van der Waals surface area contributed by atoms with Gasteiger partial charge in [-0.2, -0.15) is 0 Å². The van der Waals surface area contributed by atoms with Gasteiger partial charge in [-0.3, -0.25) is 4.90 Å². The average molecular weight is 295 g/mol. The van der Waals surface area contributed by atoms with Crippen molar-refractivity contribution >= 4 is 11.6 Å². The Labute approximate surface area is 126 Å². The number of nitrogens with one attached hydrogen (secondary N) is 1. The molecule has 1 atom stereocenters. The third kappa shape index (κ3) is 3.46. The van der Waals surface area contributed by atoms with Gasteiger partial charge in [-0.05, 0) is 63.0 Å². The molecule has 2 aliphatic rings. The molecule has 0 radical (unpaired) electrons. The largest absolute Gasteiger partial charge is 0.486 e. The summed E-state index contributed by atoms with van der Waals surface area (Å²) >= 11 is 6.35. The van der Waals surface area contributed by atoms with E-state index in [2.05, 4.69) is 29.4 Å². The lowest BCUT2D eigenvalue weighted by Crippen LogP contribution is -2.51. The Morgan fingerprint density at radius 2 is 2.25 bits per heavy atom. The first-order valence-corrected chi connectivity index (χ1v) is 7.93. The van der Waals surface area contributed by atoms with Gasteiger partial charge in [-0.25, -0.2) is 0 Å². The van der Waals surface area contributed by atoms with Gasteiger partial charge in [0.2, 0.25) is 0 Å². The van der Waals surface area contributed by atoms with Gasteiger partial charge < -0.3 is 10.1 Å². The first kappa shape index (κ1) is 14.2. The standard InChI is InChI=1S/C16H23ClN2O/c1-19-10-14(11-19)20-16-5-4-12(8-15(16)17)7-13-3-2-6-18-9-13/h4-5,8,13-14,18H,2-3,6-7,9-11H2,1H3. The van der Waals surface area contributed by atoms with Crippen LogP contribution >= 0.6 is 11.6 Å². The van der Waals surface area contributed by atoms with Crippen molar-refractivity contribution in [3.8, 4) is 5.75 Å². The van der Waals surface area contributed by atoms with Gasteiger partial charge >= 0.3 is 0 Å². The molecule has 2 heterocycles. The lowest BCUT2D eigenvalue weighted by Gasteiger charge is -2.36. The summed E-state index contributed by atoms with van der Waals surface area (Å²) in [4.78, 5) is 2.24. The zero-order valence-electron chi connectivity index (χ0n) is 12.1. The summed E-state index contributed by atoms with van der Waals surface area (Å²) in [7, 11) is 2.10. The summed E-state index contributed by atoms with van der Waals surface area (Å²) in [6, 6.07) is 6.28. The number of likely N-dealkylation sites (tertiary alicyclic amines) is 1. The average Bonchev–Trinajstić information content (AvgIpc) is 2.41. The number of nitrogens with zero attached hydrogens (tertiary/aromatic N) is 1. The maximum Gasteiger partial charge on any atom is 0.138 e. The van der Waals surface area contributed by atoms with Crippen molar-refractivity contribution in [1.82, 2.24) is 10.2 Å². The van der Waals surface area contributed by atoms with E-state index in [1.54, 1.807) is 0 Å². The molecule has 110 valence electrons. The van der Waals surface area contributed by atoms with Crippen LogP contribution in [0.15, 0.2) is 18.2 Å². The molecular formula is C16H23ClN2O. The summed E-state index contributed by atoms with van der Waals surface area (Å²) < 4.78 is 5.91. The highest BCUT2D eigenvalue weighted by molar-refractivity contribution is 6.32. The van der Waals surface area contributed by atoms with E-state index in [0.717, 1.165) is 42.7 Å². The highest BCUT2D eigenvalue weighted by Gasteiger charge is 2.25. The first-order chi connectivity index (χ1) is 9.70. The van der Waals surface area contributed by atoms with Crippen LogP contribution in [-0.2, 0) is 6.42 Å². The van der Waals surface area contributed by atoms with Crippen LogP contribution < -0.4 is 10.1 Å². The number of ether oxygens (including phenoxy) is 1. The van der Waals surface area contributed by atoms with Crippen molar-refractivity contribution in [3.63, 3.8) is 0 Å². The Kier molecular flexibility index (Phi) is 4.49. The predicted molar refractivity (Wildman–Crippen MR) is 82.7 cm³/mol. The number of rotatable bonds is 4. The minimum Gasteiger partial charge on any atom is -0.486 e. The van der Waals surface area contributed by atoms with Crippen molar-refractivity contribution in [2.75, 3.05) is 33.2 Å². The van der Waals surface area contributed by atoms with Crippen LogP contribution in [0, 0.1) is 5.92 Å². The van der Waals surface area contributed by atoms with Gasteiger partial charge in [0.1, 0.15) is 11.9 Å². The highest BCUT2D eigenvalue weighted by Crippen LogP contribution is 2.29. The van der Waals surface area contributed by atoms with Gasteiger partial charge in [0, 0.05) is 13.1 Å². The molecular weight excluding hydrogens is 272 g/mol. The first-order valence-electron chi connectivity index (χ1n) is 7.55. The van der Waals surface area contributed by atoms with Crippen LogP contribution in [-0.4, -0.2) is 44.2 Å². The molecule has 0 saturated carbocycles. The zero-order chi connectivity index (χ0) is 13.9. The monoisotopic (exact) mass is 294 g/mol. The molecule has 1 N–H and O–H groups in total. The fraction of sp³-hybridized carbons (Fsp3) is 0.625. The number of halogens is 1. The van der Waals surface area contributed by atoms with Crippen molar-refractivity contribution in [3.05, 3.63) is 28.8 Å². The molecule has 20 heavy (non-hydrogen) atoms. The third-order valence-corrected chi connectivity index (χ3v) is 4.54. The van der Waals surface area contributed by atoms with E-state index in [4.69, 9.17) is 16.3 Å². The van der Waals surface area contributed by atoms with Gasteiger partial charge in [-0.1, -0.05) is 17.7 Å². The van der Waals surface area contributed by atoms with E-state index in [0.29, 0.717) is 6.10 Å². The van der Waals surface area contributed by atoms with Crippen LogP contribution in [0.1, 0.15) is 18.4 Å². The van der Waals surface area contributed by atoms with Crippen molar-refractivity contribution in [2.24, 2.45) is 5.92 Å². The summed E-state index contributed by atoms with van der Waals surface area (Å²) in [5.41, 5.74) is 1.32. The molecule has 1 aromatic rings.